The maximum atomic E-state index is 11.9. The molecule has 6 nitrogen and oxygen atoms in total. The Morgan fingerprint density at radius 2 is 2.10 bits per heavy atom. The van der Waals surface area contributed by atoms with Crippen LogP contribution < -0.4 is 15.0 Å². The first-order valence-corrected chi connectivity index (χ1v) is 7.16. The number of hydrogen-bond acceptors (Lipinski definition) is 5. The van der Waals surface area contributed by atoms with Crippen molar-refractivity contribution in [3.63, 3.8) is 0 Å². The van der Waals surface area contributed by atoms with Crippen LogP contribution in [0, 0.1) is 0 Å². The van der Waals surface area contributed by atoms with Crippen LogP contribution in [-0.2, 0) is 11.3 Å². The van der Waals surface area contributed by atoms with E-state index in [1.807, 2.05) is 12.1 Å². The molecule has 2 heterocycles. The van der Waals surface area contributed by atoms with Crippen LogP contribution in [0.3, 0.4) is 0 Å². The number of methoxy groups -OCH3 is 1. The topological polar surface area (TPSA) is 73.4 Å². The molecule has 0 saturated carbocycles. The van der Waals surface area contributed by atoms with Crippen LogP contribution in [0.2, 0.25) is 0 Å². The third-order valence-electron chi connectivity index (χ3n) is 3.03. The number of hydrogen-bond donors (Lipinski definition) is 1. The van der Waals surface area contributed by atoms with Gasteiger partial charge in [-0.3, -0.25) is 4.79 Å². The van der Waals surface area contributed by atoms with Crippen LogP contribution in [-0.4, -0.2) is 30.3 Å². The van der Waals surface area contributed by atoms with E-state index in [1.165, 1.54) is 0 Å². The second kappa shape index (κ2) is 5.87. The normalized spacial score (nSPS) is 13.2. The van der Waals surface area contributed by atoms with Gasteiger partial charge in [0.05, 0.1) is 12.3 Å². The number of aromatic amines is 1. The fourth-order valence-electron chi connectivity index (χ4n) is 2.07. The minimum absolute atomic E-state index is 0.248. The van der Waals surface area contributed by atoms with Gasteiger partial charge in [0.1, 0.15) is 23.5 Å². The fraction of sp³-hybridized carbons (Fsp3) is 0.286. The van der Waals surface area contributed by atoms with Gasteiger partial charge in [0.25, 0.3) is 5.56 Å². The lowest BCUT2D eigenvalue weighted by Gasteiger charge is -2.18. The van der Waals surface area contributed by atoms with Crippen molar-refractivity contribution in [1.29, 1.82) is 0 Å². The van der Waals surface area contributed by atoms with E-state index < -0.39 is 0 Å². The molecule has 1 N–H and O–H groups in total. The van der Waals surface area contributed by atoms with Gasteiger partial charge in [-0.05, 0) is 34.1 Å². The van der Waals surface area contributed by atoms with E-state index in [4.69, 9.17) is 14.2 Å². The maximum Gasteiger partial charge on any atom is 0.265 e. The molecule has 0 atom stereocenters. The molecule has 1 aromatic heterocycles. The van der Waals surface area contributed by atoms with Crippen molar-refractivity contribution in [2.75, 3.05) is 20.3 Å². The molecule has 0 bridgehead atoms. The lowest BCUT2D eigenvalue weighted by molar-refractivity contribution is 0.171. The number of halogens is 1. The molecular weight excluding hydrogens is 340 g/mol. The monoisotopic (exact) mass is 352 g/mol. The zero-order valence-corrected chi connectivity index (χ0v) is 12.9. The van der Waals surface area contributed by atoms with E-state index in [-0.39, 0.29) is 12.2 Å². The van der Waals surface area contributed by atoms with Crippen LogP contribution >= 0.6 is 15.9 Å². The quantitative estimate of drug-likeness (QED) is 0.915. The minimum Gasteiger partial charge on any atom is -0.486 e. The van der Waals surface area contributed by atoms with Crippen molar-refractivity contribution < 1.29 is 14.2 Å². The number of benzene rings is 1. The number of ether oxygens (including phenoxy) is 3. The highest BCUT2D eigenvalue weighted by atomic mass is 79.9. The van der Waals surface area contributed by atoms with E-state index in [0.717, 1.165) is 5.56 Å². The van der Waals surface area contributed by atoms with E-state index in [9.17, 15) is 4.79 Å². The van der Waals surface area contributed by atoms with Gasteiger partial charge in [0, 0.05) is 12.7 Å². The number of fused-ring (bicyclic) bond motifs is 1. The Hall–Kier alpha value is -1.86. The van der Waals surface area contributed by atoms with E-state index in [2.05, 4.69) is 25.9 Å². The van der Waals surface area contributed by atoms with Crippen LogP contribution in [0.4, 0.5) is 0 Å². The summed E-state index contributed by atoms with van der Waals surface area (Å²) in [6, 6.07) is 5.44. The summed E-state index contributed by atoms with van der Waals surface area (Å²) in [5.41, 5.74) is 1.05. The summed E-state index contributed by atoms with van der Waals surface area (Å²) in [6.45, 7) is 1.30. The number of nitrogens with one attached hydrogen (secondary N) is 1. The van der Waals surface area contributed by atoms with Crippen molar-refractivity contribution in [2.45, 2.75) is 6.61 Å². The molecule has 0 unspecified atom stereocenters. The van der Waals surface area contributed by atoms with Gasteiger partial charge >= 0.3 is 0 Å². The Morgan fingerprint density at radius 3 is 2.86 bits per heavy atom. The lowest BCUT2D eigenvalue weighted by atomic mass is 10.1. The minimum atomic E-state index is -0.248. The molecule has 1 aliphatic heterocycles. The molecule has 0 aliphatic carbocycles. The van der Waals surface area contributed by atoms with Crippen molar-refractivity contribution in [1.82, 2.24) is 9.97 Å². The van der Waals surface area contributed by atoms with Gasteiger partial charge in [0.2, 0.25) is 0 Å². The summed E-state index contributed by atoms with van der Waals surface area (Å²) in [4.78, 5) is 19.1. The summed E-state index contributed by atoms with van der Waals surface area (Å²) in [6.07, 6.45) is 0. The average molecular weight is 353 g/mol. The Kier molecular flexibility index (Phi) is 3.94. The molecule has 21 heavy (non-hydrogen) atoms. The van der Waals surface area contributed by atoms with Gasteiger partial charge in [0.15, 0.2) is 11.5 Å². The van der Waals surface area contributed by atoms with E-state index in [1.54, 1.807) is 13.2 Å². The fourth-order valence-corrected chi connectivity index (χ4v) is 2.37. The maximum absolute atomic E-state index is 11.9. The SMILES string of the molecule is COCc1nc(-c2ccc3c(c2)OCCO3)[nH]c(=O)c1Br. The van der Waals surface area contributed by atoms with Gasteiger partial charge in [-0.25, -0.2) is 4.98 Å². The summed E-state index contributed by atoms with van der Waals surface area (Å²) < 4.78 is 16.4. The Bertz CT molecular complexity index is 729. The van der Waals surface area contributed by atoms with Crippen molar-refractivity contribution in [3.8, 4) is 22.9 Å². The average Bonchev–Trinajstić information content (AvgIpc) is 2.51. The third kappa shape index (κ3) is 2.79. The molecule has 3 rings (SSSR count). The Morgan fingerprint density at radius 1 is 1.33 bits per heavy atom. The van der Waals surface area contributed by atoms with E-state index >= 15 is 0 Å². The largest absolute Gasteiger partial charge is 0.486 e. The standard InChI is InChI=1S/C14H13BrN2O4/c1-19-7-9-12(15)14(18)17-13(16-9)8-2-3-10-11(6-8)21-5-4-20-10/h2-3,6H,4-5,7H2,1H3,(H,16,17,18). The zero-order chi connectivity index (χ0) is 14.8. The van der Waals surface area contributed by atoms with Crippen molar-refractivity contribution >= 4 is 15.9 Å². The van der Waals surface area contributed by atoms with Crippen LogP contribution in [0.25, 0.3) is 11.4 Å². The number of nitrogens with zero attached hydrogens (tertiary/aromatic N) is 1. The molecule has 7 heteroatoms. The smallest absolute Gasteiger partial charge is 0.265 e. The molecule has 110 valence electrons. The zero-order valence-electron chi connectivity index (χ0n) is 11.3. The highest BCUT2D eigenvalue weighted by Crippen LogP contribution is 2.33. The number of rotatable bonds is 3. The second-order valence-electron chi connectivity index (χ2n) is 4.47. The second-order valence-corrected chi connectivity index (χ2v) is 5.26. The summed E-state index contributed by atoms with van der Waals surface area (Å²) >= 11 is 3.22. The Labute approximate surface area is 129 Å². The molecule has 0 radical (unpaired) electrons. The van der Waals surface area contributed by atoms with Gasteiger partial charge in [-0.1, -0.05) is 0 Å². The first-order valence-electron chi connectivity index (χ1n) is 6.36. The van der Waals surface area contributed by atoms with Crippen molar-refractivity contribution in [3.05, 3.63) is 38.7 Å². The first kappa shape index (κ1) is 14.1. The predicted molar refractivity (Wildman–Crippen MR) is 79.7 cm³/mol. The van der Waals surface area contributed by atoms with Gasteiger partial charge in [-0.15, -0.1) is 0 Å². The summed E-state index contributed by atoms with van der Waals surface area (Å²) in [5.74, 6) is 1.81. The predicted octanol–water partition coefficient (Wildman–Crippen LogP) is 2.12. The molecule has 0 spiro atoms. The first-order chi connectivity index (χ1) is 10.2. The van der Waals surface area contributed by atoms with Gasteiger partial charge < -0.3 is 19.2 Å². The molecule has 0 amide bonds. The molecule has 0 fully saturated rings. The van der Waals surface area contributed by atoms with Crippen molar-refractivity contribution in [2.24, 2.45) is 0 Å². The molecule has 0 saturated heterocycles. The van der Waals surface area contributed by atoms with Gasteiger partial charge in [-0.2, -0.15) is 0 Å². The third-order valence-corrected chi connectivity index (χ3v) is 3.85. The summed E-state index contributed by atoms with van der Waals surface area (Å²) in [7, 11) is 1.55. The summed E-state index contributed by atoms with van der Waals surface area (Å²) in [5, 5.41) is 0. The molecule has 1 aromatic carbocycles. The van der Waals surface area contributed by atoms with E-state index in [0.29, 0.717) is 40.7 Å². The van der Waals surface area contributed by atoms with Crippen LogP contribution in [0.15, 0.2) is 27.5 Å². The molecule has 2 aromatic rings. The van der Waals surface area contributed by atoms with Crippen LogP contribution in [0.1, 0.15) is 5.69 Å². The number of H-pyrrole nitrogens is 1. The highest BCUT2D eigenvalue weighted by molar-refractivity contribution is 9.10. The number of aromatic nitrogens is 2. The highest BCUT2D eigenvalue weighted by Gasteiger charge is 2.15. The Balaban J connectivity index is 2.06. The lowest BCUT2D eigenvalue weighted by Crippen LogP contribution is -2.16. The molecular formula is C14H13BrN2O4. The van der Waals surface area contributed by atoms with Crippen LogP contribution in [0.5, 0.6) is 11.5 Å². The molecule has 1 aliphatic rings.